The van der Waals surface area contributed by atoms with Gasteiger partial charge in [-0.1, -0.05) is 12.8 Å². The van der Waals surface area contributed by atoms with Crippen LogP contribution in [0, 0.1) is 5.82 Å². The van der Waals surface area contributed by atoms with E-state index in [1.54, 1.807) is 6.92 Å². The number of amides is 2. The van der Waals surface area contributed by atoms with Crippen LogP contribution in [0.15, 0.2) is 24.3 Å². The van der Waals surface area contributed by atoms with Crippen LogP contribution in [0.3, 0.4) is 0 Å². The van der Waals surface area contributed by atoms with Gasteiger partial charge in [0.15, 0.2) is 0 Å². The van der Waals surface area contributed by atoms with Crippen LogP contribution >= 0.6 is 0 Å². The van der Waals surface area contributed by atoms with Crippen LogP contribution in [0.2, 0.25) is 0 Å². The third-order valence-corrected chi connectivity index (χ3v) is 6.47. The molecule has 1 aromatic rings. The molecule has 0 unspecified atom stereocenters. The van der Waals surface area contributed by atoms with Gasteiger partial charge in [-0.25, -0.2) is 12.8 Å². The molecule has 0 radical (unpaired) electrons. The van der Waals surface area contributed by atoms with Crippen LogP contribution in [-0.2, 0) is 19.6 Å². The van der Waals surface area contributed by atoms with Gasteiger partial charge in [-0.05, 0) is 44.0 Å². The first-order valence-electron chi connectivity index (χ1n) is 8.96. The number of sulfonamides is 1. The molecule has 27 heavy (non-hydrogen) atoms. The Morgan fingerprint density at radius 3 is 2.37 bits per heavy atom. The lowest BCUT2D eigenvalue weighted by atomic mass is 9.94. The van der Waals surface area contributed by atoms with E-state index >= 15 is 0 Å². The van der Waals surface area contributed by atoms with Crippen LogP contribution in [0.4, 0.5) is 10.1 Å². The van der Waals surface area contributed by atoms with Crippen molar-refractivity contribution in [1.82, 2.24) is 9.62 Å². The number of piperazine rings is 1. The molecule has 7 nitrogen and oxygen atoms in total. The van der Waals surface area contributed by atoms with Crippen molar-refractivity contribution in [2.24, 2.45) is 0 Å². The molecular weight excluding hydrogens is 373 g/mol. The highest BCUT2D eigenvalue weighted by atomic mass is 32.2. The Kier molecular flexibility index (Phi) is 5.27. The summed E-state index contributed by atoms with van der Waals surface area (Å²) >= 11 is 0. The Hall–Kier alpha value is -2.00. The molecule has 0 spiro atoms. The number of anilines is 1. The van der Waals surface area contributed by atoms with Gasteiger partial charge >= 0.3 is 0 Å². The molecule has 1 aliphatic carbocycles. The minimum atomic E-state index is -3.66. The van der Waals surface area contributed by atoms with Crippen LogP contribution in [0.1, 0.15) is 32.6 Å². The molecule has 1 heterocycles. The van der Waals surface area contributed by atoms with Crippen LogP contribution < -0.4 is 10.2 Å². The van der Waals surface area contributed by atoms with Gasteiger partial charge in [-0.3, -0.25) is 14.5 Å². The van der Waals surface area contributed by atoms with E-state index < -0.39 is 33.2 Å². The molecule has 0 bridgehead atoms. The minimum absolute atomic E-state index is 0.0214. The van der Waals surface area contributed by atoms with Gasteiger partial charge in [0, 0.05) is 18.3 Å². The second-order valence-electron chi connectivity index (χ2n) is 7.47. The summed E-state index contributed by atoms with van der Waals surface area (Å²) in [5, 5.41) is 2.96. The summed E-state index contributed by atoms with van der Waals surface area (Å²) in [6.45, 7) is 1.03. The molecule has 9 heteroatoms. The molecule has 1 saturated heterocycles. The second kappa shape index (κ2) is 7.20. The Bertz CT molecular complexity index is 837. The molecule has 2 aliphatic rings. The minimum Gasteiger partial charge on any atom is -0.351 e. The summed E-state index contributed by atoms with van der Waals surface area (Å²) in [5.74, 6) is -1.39. The van der Waals surface area contributed by atoms with E-state index in [1.807, 2.05) is 0 Å². The summed E-state index contributed by atoms with van der Waals surface area (Å²) in [4.78, 5) is 27.3. The topological polar surface area (TPSA) is 86.8 Å². The molecule has 148 valence electrons. The first kappa shape index (κ1) is 19.8. The molecule has 1 aliphatic heterocycles. The van der Waals surface area contributed by atoms with E-state index in [-0.39, 0.29) is 19.1 Å². The number of nitrogens with one attached hydrogen (secondary N) is 1. The maximum Gasteiger partial charge on any atom is 0.247 e. The lowest BCUT2D eigenvalue weighted by molar-refractivity contribution is -0.133. The van der Waals surface area contributed by atoms with Gasteiger partial charge in [0.1, 0.15) is 11.4 Å². The SMILES string of the molecule is C[C@@]1(C(=O)NC2CCCC2)CN(S(C)(=O)=O)CC(=O)N1c1ccc(F)cc1. The first-order valence-corrected chi connectivity index (χ1v) is 10.8. The number of rotatable bonds is 4. The lowest BCUT2D eigenvalue weighted by Gasteiger charge is -2.46. The lowest BCUT2D eigenvalue weighted by Crippen LogP contribution is -2.70. The average Bonchev–Trinajstić information content (AvgIpc) is 3.08. The van der Waals surface area contributed by atoms with E-state index in [0.29, 0.717) is 5.69 Å². The molecule has 3 rings (SSSR count). The summed E-state index contributed by atoms with van der Waals surface area (Å²) in [6.07, 6.45) is 4.79. The van der Waals surface area contributed by atoms with Crippen molar-refractivity contribution in [3.8, 4) is 0 Å². The zero-order valence-corrected chi connectivity index (χ0v) is 16.3. The molecule has 1 saturated carbocycles. The van der Waals surface area contributed by atoms with Gasteiger partial charge in [0.25, 0.3) is 0 Å². The summed E-state index contributed by atoms with van der Waals surface area (Å²) in [5.41, 5.74) is -1.07. The first-order chi connectivity index (χ1) is 12.6. The molecule has 2 amide bonds. The highest BCUT2D eigenvalue weighted by molar-refractivity contribution is 7.88. The molecular formula is C18H24FN3O4S. The number of carbonyl (C=O) groups is 2. The van der Waals surface area contributed by atoms with Crippen molar-refractivity contribution in [1.29, 1.82) is 0 Å². The second-order valence-corrected chi connectivity index (χ2v) is 9.45. The highest BCUT2D eigenvalue weighted by Gasteiger charge is 2.50. The number of hydrogen-bond donors (Lipinski definition) is 1. The highest BCUT2D eigenvalue weighted by Crippen LogP contribution is 2.31. The van der Waals surface area contributed by atoms with Gasteiger partial charge in [-0.15, -0.1) is 0 Å². The van der Waals surface area contributed by atoms with E-state index in [0.717, 1.165) is 36.2 Å². The van der Waals surface area contributed by atoms with Gasteiger partial charge in [-0.2, -0.15) is 4.31 Å². The maximum absolute atomic E-state index is 13.3. The van der Waals surface area contributed by atoms with E-state index in [4.69, 9.17) is 0 Å². The van der Waals surface area contributed by atoms with Gasteiger partial charge in [0.2, 0.25) is 21.8 Å². The Morgan fingerprint density at radius 1 is 1.22 bits per heavy atom. The summed E-state index contributed by atoms with van der Waals surface area (Å²) < 4.78 is 38.4. The third kappa shape index (κ3) is 3.98. The van der Waals surface area contributed by atoms with Crippen molar-refractivity contribution in [2.75, 3.05) is 24.2 Å². The molecule has 1 atom stereocenters. The van der Waals surface area contributed by atoms with Gasteiger partial charge < -0.3 is 5.32 Å². The summed E-state index contributed by atoms with van der Waals surface area (Å²) in [7, 11) is -3.66. The van der Waals surface area contributed by atoms with Crippen molar-refractivity contribution in [2.45, 2.75) is 44.2 Å². The Morgan fingerprint density at radius 2 is 1.81 bits per heavy atom. The maximum atomic E-state index is 13.3. The van der Waals surface area contributed by atoms with Crippen molar-refractivity contribution in [3.63, 3.8) is 0 Å². The standard InChI is InChI=1S/C18H24FN3O4S/c1-18(17(24)20-14-5-3-4-6-14)12-21(27(2,25)26)11-16(23)22(18)15-9-7-13(19)8-10-15/h7-10,14H,3-6,11-12H2,1-2H3,(H,20,24)/t18-/m0/s1. The fraction of sp³-hybridized carbons (Fsp3) is 0.556. The molecule has 0 aromatic heterocycles. The smallest absolute Gasteiger partial charge is 0.247 e. The molecule has 1 N–H and O–H groups in total. The number of benzene rings is 1. The van der Waals surface area contributed by atoms with Crippen LogP contribution in [-0.4, -0.2) is 55.5 Å². The van der Waals surface area contributed by atoms with E-state index in [2.05, 4.69) is 5.32 Å². The number of halogens is 1. The van der Waals surface area contributed by atoms with E-state index in [9.17, 15) is 22.4 Å². The Balaban J connectivity index is 1.98. The van der Waals surface area contributed by atoms with Crippen LogP contribution in [0.5, 0.6) is 0 Å². The normalized spacial score (nSPS) is 25.0. The average molecular weight is 397 g/mol. The van der Waals surface area contributed by atoms with Gasteiger partial charge in [0.05, 0.1) is 12.8 Å². The zero-order valence-electron chi connectivity index (χ0n) is 15.4. The number of nitrogens with zero attached hydrogens (tertiary/aromatic N) is 2. The largest absolute Gasteiger partial charge is 0.351 e. The number of carbonyl (C=O) groups excluding carboxylic acids is 2. The molecule has 2 fully saturated rings. The summed E-state index contributed by atoms with van der Waals surface area (Å²) in [6, 6.07) is 5.28. The third-order valence-electron chi connectivity index (χ3n) is 5.27. The predicted octanol–water partition coefficient (Wildman–Crippen LogP) is 1.25. The van der Waals surface area contributed by atoms with Crippen molar-refractivity contribution in [3.05, 3.63) is 30.1 Å². The predicted molar refractivity (Wildman–Crippen MR) is 99.1 cm³/mol. The fourth-order valence-electron chi connectivity index (χ4n) is 3.80. The van der Waals surface area contributed by atoms with Crippen LogP contribution in [0.25, 0.3) is 0 Å². The van der Waals surface area contributed by atoms with Crippen molar-refractivity contribution >= 4 is 27.5 Å². The van der Waals surface area contributed by atoms with Crippen molar-refractivity contribution < 1.29 is 22.4 Å². The Labute approximate surface area is 158 Å². The molecule has 1 aromatic carbocycles. The monoisotopic (exact) mass is 397 g/mol. The quantitative estimate of drug-likeness (QED) is 0.829. The van der Waals surface area contributed by atoms with E-state index in [1.165, 1.54) is 29.2 Å². The zero-order chi connectivity index (χ0) is 19.8. The number of hydrogen-bond acceptors (Lipinski definition) is 4. The fourth-order valence-corrected chi connectivity index (χ4v) is 4.64.